The van der Waals surface area contributed by atoms with Crippen molar-refractivity contribution in [1.29, 1.82) is 0 Å². The van der Waals surface area contributed by atoms with E-state index >= 15 is 0 Å². The number of nitrogen functional groups attached to an aromatic ring is 1. The number of benzene rings is 3. The van der Waals surface area contributed by atoms with Crippen molar-refractivity contribution in [3.8, 4) is 17.2 Å². The van der Waals surface area contributed by atoms with E-state index in [1.807, 2.05) is 44.2 Å². The number of amides is 2. The van der Waals surface area contributed by atoms with Gasteiger partial charge in [0.2, 0.25) is 15.9 Å². The van der Waals surface area contributed by atoms with Crippen molar-refractivity contribution >= 4 is 33.4 Å². The Bertz CT molecular complexity index is 1690. The number of methoxy groups -OCH3 is 3. The maximum Gasteiger partial charge on any atom is 0.407 e. The van der Waals surface area contributed by atoms with E-state index in [1.54, 1.807) is 12.1 Å². The van der Waals surface area contributed by atoms with Crippen LogP contribution in [0.3, 0.4) is 0 Å². The molecule has 0 bridgehead atoms. The van der Waals surface area contributed by atoms with Crippen LogP contribution in [0.1, 0.15) is 25.8 Å². The fourth-order valence-electron chi connectivity index (χ4n) is 5.65. The van der Waals surface area contributed by atoms with Gasteiger partial charge in [-0.1, -0.05) is 44.2 Å². The highest BCUT2D eigenvalue weighted by Crippen LogP contribution is 2.39. The molecule has 1 aliphatic heterocycles. The molecule has 0 radical (unpaired) electrons. The summed E-state index contributed by atoms with van der Waals surface area (Å²) in [6.45, 7) is 3.81. The number of sulfonamides is 1. The molecule has 0 aromatic heterocycles. The van der Waals surface area contributed by atoms with E-state index in [9.17, 15) is 23.1 Å². The first-order valence-corrected chi connectivity index (χ1v) is 17.7. The number of rotatable bonds is 16. The number of aliphatic hydroxyl groups excluding tert-OH is 1. The third kappa shape index (κ3) is 10.00. The Kier molecular flexibility index (Phi) is 13.3. The molecule has 272 valence electrons. The molecule has 4 rings (SSSR count). The van der Waals surface area contributed by atoms with Crippen molar-refractivity contribution in [1.82, 2.24) is 14.9 Å². The average Bonchev–Trinajstić information content (AvgIpc) is 3.56. The minimum atomic E-state index is -4.01. The quantitative estimate of drug-likeness (QED) is 0.137. The number of alkyl carbamates (subject to hydrolysis) is 1. The fraction of sp³-hybridized carbons (Fsp3) is 0.429. The van der Waals surface area contributed by atoms with E-state index in [0.717, 1.165) is 5.56 Å². The maximum absolute atomic E-state index is 13.7. The van der Waals surface area contributed by atoms with Gasteiger partial charge in [-0.2, -0.15) is 4.31 Å². The van der Waals surface area contributed by atoms with Crippen LogP contribution in [0.15, 0.2) is 71.6 Å². The van der Waals surface area contributed by atoms with Crippen LogP contribution in [0, 0.1) is 5.92 Å². The molecule has 1 fully saturated rings. The second kappa shape index (κ2) is 17.4. The monoisotopic (exact) mass is 713 g/mol. The van der Waals surface area contributed by atoms with Crippen LogP contribution in [0.2, 0.25) is 0 Å². The number of hydrogen-bond acceptors (Lipinski definition) is 11. The lowest BCUT2D eigenvalue weighted by atomic mass is 10.0. The Morgan fingerprint density at radius 2 is 1.70 bits per heavy atom. The summed E-state index contributed by atoms with van der Waals surface area (Å²) < 4.78 is 50.3. The highest BCUT2D eigenvalue weighted by molar-refractivity contribution is 7.89. The van der Waals surface area contributed by atoms with Crippen molar-refractivity contribution in [2.75, 3.05) is 52.0 Å². The van der Waals surface area contributed by atoms with Gasteiger partial charge in [0.1, 0.15) is 11.9 Å². The molecule has 2 amide bonds. The van der Waals surface area contributed by atoms with Gasteiger partial charge in [-0.15, -0.1) is 0 Å². The van der Waals surface area contributed by atoms with Crippen LogP contribution >= 0.6 is 0 Å². The van der Waals surface area contributed by atoms with E-state index in [0.29, 0.717) is 28.6 Å². The normalized spacial score (nSPS) is 17.2. The topological polar surface area (TPSA) is 191 Å². The number of nitrogens with one attached hydrogen (secondary N) is 3. The number of hydrogen-bond donors (Lipinski definition) is 5. The molecule has 50 heavy (non-hydrogen) atoms. The number of carbonyl (C=O) groups is 2. The smallest absolute Gasteiger partial charge is 0.407 e. The van der Waals surface area contributed by atoms with Crippen LogP contribution in [0.4, 0.5) is 16.2 Å². The first-order valence-electron chi connectivity index (χ1n) is 16.2. The Morgan fingerprint density at radius 3 is 2.32 bits per heavy atom. The highest BCUT2D eigenvalue weighted by Gasteiger charge is 2.35. The van der Waals surface area contributed by atoms with E-state index in [2.05, 4.69) is 16.0 Å². The van der Waals surface area contributed by atoms with Crippen LogP contribution < -0.4 is 35.9 Å². The van der Waals surface area contributed by atoms with Gasteiger partial charge in [0.25, 0.3) is 0 Å². The fourth-order valence-corrected chi connectivity index (χ4v) is 7.27. The molecule has 0 saturated carbocycles. The van der Waals surface area contributed by atoms with Gasteiger partial charge < -0.3 is 45.7 Å². The van der Waals surface area contributed by atoms with Gasteiger partial charge in [-0.3, -0.25) is 4.79 Å². The number of anilines is 2. The summed E-state index contributed by atoms with van der Waals surface area (Å²) in [6.07, 6.45) is -2.40. The lowest BCUT2D eigenvalue weighted by Gasteiger charge is -2.30. The molecule has 14 nitrogen and oxygen atoms in total. The number of ether oxygens (including phenoxy) is 4. The second-order valence-electron chi connectivity index (χ2n) is 12.4. The molecule has 3 aromatic rings. The van der Waals surface area contributed by atoms with Gasteiger partial charge in [0, 0.05) is 43.9 Å². The van der Waals surface area contributed by atoms with Gasteiger partial charge in [0.15, 0.2) is 11.5 Å². The lowest BCUT2D eigenvalue weighted by molar-refractivity contribution is -0.118. The van der Waals surface area contributed by atoms with Gasteiger partial charge in [-0.25, -0.2) is 13.2 Å². The van der Waals surface area contributed by atoms with E-state index < -0.39 is 40.4 Å². The van der Waals surface area contributed by atoms with E-state index in [-0.39, 0.29) is 49.2 Å². The van der Waals surface area contributed by atoms with Crippen molar-refractivity contribution in [2.45, 2.75) is 55.9 Å². The highest BCUT2D eigenvalue weighted by atomic mass is 32.2. The first kappa shape index (κ1) is 38.2. The molecule has 1 heterocycles. The predicted octanol–water partition coefficient (Wildman–Crippen LogP) is 3.01. The van der Waals surface area contributed by atoms with Crippen LogP contribution in [-0.2, 0) is 26.0 Å². The zero-order chi connectivity index (χ0) is 36.4. The Labute approximate surface area is 293 Å². The van der Waals surface area contributed by atoms with E-state index in [1.165, 1.54) is 49.9 Å². The summed E-state index contributed by atoms with van der Waals surface area (Å²) in [7, 11) is 0.420. The molecule has 1 saturated heterocycles. The van der Waals surface area contributed by atoms with Crippen molar-refractivity contribution in [3.05, 3.63) is 72.3 Å². The number of nitrogens with two attached hydrogens (primary N) is 1. The third-order valence-corrected chi connectivity index (χ3v) is 10.0. The second-order valence-corrected chi connectivity index (χ2v) is 14.4. The van der Waals surface area contributed by atoms with Gasteiger partial charge in [0.05, 0.1) is 50.1 Å². The molecule has 1 aliphatic rings. The molecule has 15 heteroatoms. The lowest BCUT2D eigenvalue weighted by Crippen LogP contribution is -2.51. The molecule has 0 unspecified atom stereocenters. The maximum atomic E-state index is 13.7. The standard InChI is InChI=1S/C35H47N5O9S/c1-22(2)20-40(50(44,45)27-13-11-24(36)12-14-27)21-31(41)28(15-23-9-7-6-8-10-23)39-35(43)49-26-17-30(37-19-26)34(42)38-29-16-25(46-3)18-32(47-4)33(29)48-5/h6-14,16,18,22,26,28,30-31,37,41H,15,17,19-21,36H2,1-5H3,(H,38,42)(H,39,43)/t26-,28+,30+,31+/m1/s1. The van der Waals surface area contributed by atoms with Crippen LogP contribution in [-0.4, -0.2) is 95.1 Å². The summed E-state index contributed by atoms with van der Waals surface area (Å²) in [4.78, 5) is 26.5. The SMILES string of the molecule is COc1cc(NC(=O)[C@@H]2C[C@@H](OC(=O)N[C@@H](Cc3ccccc3)[C@@H](O)CN(CC(C)C)S(=O)(=O)c3ccc(N)cc3)CN2)c(OC)c(OC)c1. The molecular weight excluding hydrogens is 666 g/mol. The average molecular weight is 714 g/mol. The van der Waals surface area contributed by atoms with Crippen molar-refractivity contribution < 1.29 is 42.1 Å². The minimum Gasteiger partial charge on any atom is -0.497 e. The zero-order valence-electron chi connectivity index (χ0n) is 28.9. The predicted molar refractivity (Wildman–Crippen MR) is 189 cm³/mol. The summed E-state index contributed by atoms with van der Waals surface area (Å²) >= 11 is 0. The Morgan fingerprint density at radius 1 is 1.00 bits per heavy atom. The molecule has 6 N–H and O–H groups in total. The van der Waals surface area contributed by atoms with Gasteiger partial charge >= 0.3 is 6.09 Å². The zero-order valence-corrected chi connectivity index (χ0v) is 29.7. The first-order chi connectivity index (χ1) is 23.8. The summed E-state index contributed by atoms with van der Waals surface area (Å²) in [5, 5.41) is 20.1. The van der Waals surface area contributed by atoms with Crippen LogP contribution in [0.5, 0.6) is 17.2 Å². The number of aliphatic hydroxyl groups is 1. The third-order valence-electron chi connectivity index (χ3n) is 8.17. The van der Waals surface area contributed by atoms with Crippen molar-refractivity contribution in [3.63, 3.8) is 0 Å². The van der Waals surface area contributed by atoms with Gasteiger partial charge in [-0.05, 0) is 42.2 Å². The summed E-state index contributed by atoms with van der Waals surface area (Å²) in [6, 6.07) is 16.7. The summed E-state index contributed by atoms with van der Waals surface area (Å²) in [5.74, 6) is 0.723. The minimum absolute atomic E-state index is 0.0443. The number of nitrogens with zero attached hydrogens (tertiary/aromatic N) is 1. The molecule has 0 spiro atoms. The summed E-state index contributed by atoms with van der Waals surface area (Å²) in [5.41, 5.74) is 7.36. The van der Waals surface area contributed by atoms with Crippen LogP contribution in [0.25, 0.3) is 0 Å². The Hall–Kier alpha value is -4.57. The molecule has 0 aliphatic carbocycles. The largest absolute Gasteiger partial charge is 0.497 e. The van der Waals surface area contributed by atoms with E-state index in [4.69, 9.17) is 24.7 Å². The number of carbonyl (C=O) groups excluding carboxylic acids is 2. The molecule has 4 atom stereocenters. The molecule has 3 aromatic carbocycles. The molecular formula is C35H47N5O9S. The van der Waals surface area contributed by atoms with Crippen molar-refractivity contribution in [2.24, 2.45) is 5.92 Å². The Balaban J connectivity index is 1.44.